The number of ether oxygens (including phenoxy) is 1. The van der Waals surface area contributed by atoms with Crippen molar-refractivity contribution in [3.8, 4) is 17.0 Å². The van der Waals surface area contributed by atoms with Crippen LogP contribution in [0.4, 0.5) is 24.0 Å². The van der Waals surface area contributed by atoms with Gasteiger partial charge in [-0.05, 0) is 36.6 Å². The maximum Gasteiger partial charge on any atom is 0.420 e. The van der Waals surface area contributed by atoms with Crippen LogP contribution in [0.15, 0.2) is 47.8 Å². The van der Waals surface area contributed by atoms with Crippen molar-refractivity contribution >= 4 is 22.2 Å². The summed E-state index contributed by atoms with van der Waals surface area (Å²) in [5, 5.41) is 5.45. The average molecular weight is 435 g/mol. The second kappa shape index (κ2) is 9.98. The molecule has 0 unspecified atom stereocenters. The van der Waals surface area contributed by atoms with Gasteiger partial charge in [0.25, 0.3) is 0 Å². The topological polar surface area (TPSA) is 34.1 Å². The summed E-state index contributed by atoms with van der Waals surface area (Å²) in [5.41, 5.74) is 2.58. The van der Waals surface area contributed by atoms with Crippen LogP contribution >= 0.6 is 11.3 Å². The van der Waals surface area contributed by atoms with E-state index in [0.29, 0.717) is 10.8 Å². The molecule has 2 aromatic carbocycles. The summed E-state index contributed by atoms with van der Waals surface area (Å²) in [6.07, 6.45) is -0.975. The predicted molar refractivity (Wildman–Crippen MR) is 117 cm³/mol. The third-order valence-corrected chi connectivity index (χ3v) is 5.48. The van der Waals surface area contributed by atoms with Gasteiger partial charge in [0.15, 0.2) is 5.13 Å². The van der Waals surface area contributed by atoms with Gasteiger partial charge in [-0.2, -0.15) is 13.2 Å². The number of unbranched alkanes of at least 4 members (excludes halogenated alkanes) is 2. The molecular weight excluding hydrogens is 409 g/mol. The van der Waals surface area contributed by atoms with Crippen molar-refractivity contribution < 1.29 is 17.9 Å². The standard InChI is InChI=1S/C23H25F3N2OS/c1-3-5-8-13-29-21-12-11-17(14-19(21)23(24,25)26)27-22-28-20(15-30-22)18-10-7-6-9-16(18)4-2/h6-7,9-12,14-15H,3-5,8,13H2,1-2H3,(H,27,28). The van der Waals surface area contributed by atoms with Crippen molar-refractivity contribution in [3.63, 3.8) is 0 Å². The van der Waals surface area contributed by atoms with Crippen molar-refractivity contribution in [2.45, 2.75) is 45.7 Å². The number of benzene rings is 2. The highest BCUT2D eigenvalue weighted by Gasteiger charge is 2.34. The third-order valence-electron chi connectivity index (χ3n) is 4.72. The minimum Gasteiger partial charge on any atom is -0.493 e. The van der Waals surface area contributed by atoms with Gasteiger partial charge < -0.3 is 10.1 Å². The monoisotopic (exact) mass is 434 g/mol. The van der Waals surface area contributed by atoms with Crippen LogP contribution < -0.4 is 10.1 Å². The summed E-state index contributed by atoms with van der Waals surface area (Å²) in [5.74, 6) is -0.138. The first-order chi connectivity index (χ1) is 14.4. The van der Waals surface area contributed by atoms with Gasteiger partial charge in [-0.25, -0.2) is 4.98 Å². The molecule has 3 aromatic rings. The van der Waals surface area contributed by atoms with Crippen molar-refractivity contribution in [2.75, 3.05) is 11.9 Å². The van der Waals surface area contributed by atoms with E-state index in [1.807, 2.05) is 30.5 Å². The average Bonchev–Trinajstić information content (AvgIpc) is 3.19. The van der Waals surface area contributed by atoms with Crippen LogP contribution in [-0.4, -0.2) is 11.6 Å². The largest absolute Gasteiger partial charge is 0.493 e. The summed E-state index contributed by atoms with van der Waals surface area (Å²) < 4.78 is 46.0. The van der Waals surface area contributed by atoms with Crippen LogP contribution in [0.3, 0.4) is 0 Å². The molecule has 160 valence electrons. The zero-order valence-corrected chi connectivity index (χ0v) is 17.9. The Morgan fingerprint density at radius 1 is 1.07 bits per heavy atom. The Labute approximate surface area is 178 Å². The number of anilines is 2. The normalized spacial score (nSPS) is 11.5. The molecule has 7 heteroatoms. The maximum absolute atomic E-state index is 13.5. The van der Waals surface area contributed by atoms with Gasteiger partial charge >= 0.3 is 6.18 Å². The molecule has 0 radical (unpaired) electrons. The molecule has 3 nitrogen and oxygen atoms in total. The van der Waals surface area contributed by atoms with Crippen molar-refractivity contribution in [2.24, 2.45) is 0 Å². The Kier molecular flexibility index (Phi) is 7.37. The Bertz CT molecular complexity index is 969. The number of nitrogens with one attached hydrogen (secondary N) is 1. The molecule has 0 amide bonds. The highest BCUT2D eigenvalue weighted by molar-refractivity contribution is 7.14. The zero-order chi connectivity index (χ0) is 21.6. The van der Waals surface area contributed by atoms with E-state index in [0.717, 1.165) is 43.0 Å². The fourth-order valence-corrected chi connectivity index (χ4v) is 3.88. The van der Waals surface area contributed by atoms with Gasteiger partial charge in [0.1, 0.15) is 5.75 Å². The number of halogens is 3. The molecule has 30 heavy (non-hydrogen) atoms. The number of thiazole rings is 1. The lowest BCUT2D eigenvalue weighted by atomic mass is 10.0. The number of aromatic nitrogens is 1. The molecule has 0 aliphatic heterocycles. The van der Waals surface area contributed by atoms with Crippen molar-refractivity contribution in [3.05, 3.63) is 59.0 Å². The Morgan fingerprint density at radius 3 is 2.60 bits per heavy atom. The summed E-state index contributed by atoms with van der Waals surface area (Å²) >= 11 is 1.36. The smallest absolute Gasteiger partial charge is 0.420 e. The molecule has 0 aliphatic rings. The fraction of sp³-hybridized carbons (Fsp3) is 0.348. The quantitative estimate of drug-likeness (QED) is 0.350. The van der Waals surface area contributed by atoms with Gasteiger partial charge in [0.2, 0.25) is 0 Å². The van der Waals surface area contributed by atoms with E-state index in [1.54, 1.807) is 6.07 Å². The fourth-order valence-electron chi connectivity index (χ4n) is 3.15. The third kappa shape index (κ3) is 5.53. The first kappa shape index (κ1) is 22.2. The predicted octanol–water partition coefficient (Wildman–Crippen LogP) is 7.70. The van der Waals surface area contributed by atoms with Crippen LogP contribution in [0.5, 0.6) is 5.75 Å². The SMILES string of the molecule is CCCCCOc1ccc(Nc2nc(-c3ccccc3CC)cs2)cc1C(F)(F)F. The van der Waals surface area contributed by atoms with Gasteiger partial charge in [-0.15, -0.1) is 11.3 Å². The summed E-state index contributed by atoms with van der Waals surface area (Å²) in [6.45, 7) is 4.39. The van der Waals surface area contributed by atoms with Crippen molar-refractivity contribution in [1.82, 2.24) is 4.98 Å². The minimum absolute atomic E-state index is 0.138. The van der Waals surface area contributed by atoms with Gasteiger partial charge in [0, 0.05) is 16.6 Å². The van der Waals surface area contributed by atoms with E-state index in [4.69, 9.17) is 4.74 Å². The number of nitrogens with zero attached hydrogens (tertiary/aromatic N) is 1. The highest BCUT2D eigenvalue weighted by atomic mass is 32.1. The van der Waals surface area contributed by atoms with Gasteiger partial charge in [-0.1, -0.05) is 51.0 Å². The number of aryl methyl sites for hydroxylation is 1. The second-order valence-electron chi connectivity index (χ2n) is 6.94. The molecule has 1 heterocycles. The highest BCUT2D eigenvalue weighted by Crippen LogP contribution is 2.39. The Hall–Kier alpha value is -2.54. The number of alkyl halides is 3. The van der Waals surface area contributed by atoms with E-state index >= 15 is 0 Å². The Morgan fingerprint density at radius 2 is 1.87 bits per heavy atom. The van der Waals surface area contributed by atoms with E-state index in [1.165, 1.54) is 23.0 Å². The molecule has 0 bridgehead atoms. The Balaban J connectivity index is 1.79. The molecule has 0 saturated carbocycles. The van der Waals surface area contributed by atoms with E-state index in [-0.39, 0.29) is 12.4 Å². The van der Waals surface area contributed by atoms with Gasteiger partial charge in [0.05, 0.1) is 17.9 Å². The maximum atomic E-state index is 13.5. The van der Waals surface area contributed by atoms with Crippen LogP contribution in [0.25, 0.3) is 11.3 Å². The van der Waals surface area contributed by atoms with E-state index in [9.17, 15) is 13.2 Å². The van der Waals surface area contributed by atoms with Crippen molar-refractivity contribution in [1.29, 1.82) is 0 Å². The second-order valence-corrected chi connectivity index (χ2v) is 7.80. The van der Waals surface area contributed by atoms with Crippen LogP contribution in [0.1, 0.15) is 44.2 Å². The van der Waals surface area contributed by atoms with E-state index < -0.39 is 11.7 Å². The lowest BCUT2D eigenvalue weighted by Gasteiger charge is -2.15. The molecule has 0 saturated heterocycles. The minimum atomic E-state index is -4.49. The number of hydrogen-bond donors (Lipinski definition) is 1. The molecule has 1 N–H and O–H groups in total. The molecule has 0 aliphatic carbocycles. The molecule has 0 spiro atoms. The number of rotatable bonds is 9. The summed E-state index contributed by atoms with van der Waals surface area (Å²) in [4.78, 5) is 4.56. The lowest BCUT2D eigenvalue weighted by molar-refractivity contribution is -0.138. The first-order valence-electron chi connectivity index (χ1n) is 10.1. The summed E-state index contributed by atoms with van der Waals surface area (Å²) in [6, 6.07) is 12.0. The number of hydrogen-bond acceptors (Lipinski definition) is 4. The molecule has 3 rings (SSSR count). The molecular formula is C23H25F3N2OS. The van der Waals surface area contributed by atoms with E-state index in [2.05, 4.69) is 23.3 Å². The van der Waals surface area contributed by atoms with Crippen LogP contribution in [0, 0.1) is 0 Å². The molecule has 1 aromatic heterocycles. The zero-order valence-electron chi connectivity index (χ0n) is 17.1. The first-order valence-corrected chi connectivity index (χ1v) is 10.9. The summed E-state index contributed by atoms with van der Waals surface area (Å²) in [7, 11) is 0. The molecule has 0 atom stereocenters. The molecule has 0 fully saturated rings. The van der Waals surface area contributed by atoms with Crippen LogP contribution in [-0.2, 0) is 12.6 Å². The van der Waals surface area contributed by atoms with Gasteiger partial charge in [-0.3, -0.25) is 0 Å². The van der Waals surface area contributed by atoms with Crippen LogP contribution in [0.2, 0.25) is 0 Å². The lowest BCUT2D eigenvalue weighted by Crippen LogP contribution is -2.10.